The van der Waals surface area contributed by atoms with Gasteiger partial charge in [-0.25, -0.2) is 4.98 Å². The Bertz CT molecular complexity index is 360. The van der Waals surface area contributed by atoms with Crippen LogP contribution in [0.3, 0.4) is 0 Å². The zero-order valence-corrected chi connectivity index (χ0v) is 11.0. The van der Waals surface area contributed by atoms with E-state index in [1.54, 1.807) is 11.9 Å². The summed E-state index contributed by atoms with van der Waals surface area (Å²) in [6, 6.07) is 0. The van der Waals surface area contributed by atoms with Gasteiger partial charge in [-0.15, -0.1) is 5.10 Å². The van der Waals surface area contributed by atoms with Crippen LogP contribution in [-0.2, 0) is 6.42 Å². The summed E-state index contributed by atoms with van der Waals surface area (Å²) in [5.74, 6) is 0.900. The molecular weight excluding hydrogens is 218 g/mol. The van der Waals surface area contributed by atoms with Gasteiger partial charge in [0.15, 0.2) is 0 Å². The molecule has 1 rings (SSSR count). The van der Waals surface area contributed by atoms with Crippen molar-refractivity contribution in [2.24, 2.45) is 0 Å². The molecule has 0 aliphatic heterocycles. The number of hydrogen-bond acceptors (Lipinski definition) is 4. The first-order valence-corrected chi connectivity index (χ1v) is 5.86. The quantitative estimate of drug-likeness (QED) is 0.780. The van der Waals surface area contributed by atoms with Crippen LogP contribution in [0.2, 0.25) is 0 Å². The van der Waals surface area contributed by atoms with Crippen molar-refractivity contribution in [3.05, 3.63) is 11.6 Å². The molecule has 0 saturated heterocycles. The van der Waals surface area contributed by atoms with E-state index in [0.717, 1.165) is 25.2 Å². The van der Waals surface area contributed by atoms with Crippen molar-refractivity contribution in [3.8, 4) is 0 Å². The number of aryl methyl sites for hydroxylation is 1. The monoisotopic (exact) mass is 239 g/mol. The molecule has 1 amide bonds. The topological polar surface area (TPSA) is 65.1 Å². The van der Waals surface area contributed by atoms with Gasteiger partial charge in [0, 0.05) is 26.6 Å². The molecule has 1 aromatic heterocycles. The van der Waals surface area contributed by atoms with Gasteiger partial charge in [-0.05, 0) is 20.5 Å². The highest BCUT2D eigenvalue weighted by atomic mass is 16.2. The molecular formula is C11H21N5O. The van der Waals surface area contributed by atoms with Crippen LogP contribution in [0.4, 0.5) is 0 Å². The highest BCUT2D eigenvalue weighted by molar-refractivity contribution is 5.90. The van der Waals surface area contributed by atoms with Crippen LogP contribution < -0.4 is 0 Å². The average molecular weight is 239 g/mol. The molecule has 0 aromatic carbocycles. The Labute approximate surface area is 102 Å². The molecule has 0 unspecified atom stereocenters. The van der Waals surface area contributed by atoms with Crippen LogP contribution in [0.1, 0.15) is 29.8 Å². The normalized spacial score (nSPS) is 10.9. The lowest BCUT2D eigenvalue weighted by Crippen LogP contribution is -2.34. The van der Waals surface area contributed by atoms with Gasteiger partial charge in [-0.3, -0.25) is 9.89 Å². The Morgan fingerprint density at radius 3 is 2.59 bits per heavy atom. The molecule has 0 radical (unpaired) electrons. The fourth-order valence-electron chi connectivity index (χ4n) is 1.36. The van der Waals surface area contributed by atoms with Gasteiger partial charge in [0.05, 0.1) is 0 Å². The molecule has 0 atom stereocenters. The number of H-pyrrole nitrogens is 1. The second kappa shape index (κ2) is 6.34. The Kier molecular flexibility index (Phi) is 5.09. The van der Waals surface area contributed by atoms with Crippen LogP contribution in [-0.4, -0.2) is 65.1 Å². The third kappa shape index (κ3) is 4.14. The first-order chi connectivity index (χ1) is 8.04. The Balaban J connectivity index is 2.55. The summed E-state index contributed by atoms with van der Waals surface area (Å²) in [7, 11) is 5.72. The molecule has 96 valence electrons. The molecule has 0 aliphatic rings. The van der Waals surface area contributed by atoms with E-state index in [0.29, 0.717) is 6.54 Å². The third-order valence-electron chi connectivity index (χ3n) is 2.44. The number of hydrogen-bond donors (Lipinski definition) is 1. The number of aromatic amines is 1. The first-order valence-electron chi connectivity index (χ1n) is 5.86. The van der Waals surface area contributed by atoms with Gasteiger partial charge >= 0.3 is 0 Å². The van der Waals surface area contributed by atoms with Crippen LogP contribution in [0.5, 0.6) is 0 Å². The maximum Gasteiger partial charge on any atom is 0.293 e. The molecule has 0 aliphatic carbocycles. The van der Waals surface area contributed by atoms with Gasteiger partial charge in [-0.1, -0.05) is 6.92 Å². The standard InChI is InChI=1S/C11H21N5O/c1-5-6-9-12-10(14-13-9)11(17)16(4)8-7-15(2)3/h5-8H2,1-4H3,(H,12,13,14). The fourth-order valence-corrected chi connectivity index (χ4v) is 1.36. The van der Waals surface area contributed by atoms with Crippen molar-refractivity contribution >= 4 is 5.91 Å². The van der Waals surface area contributed by atoms with Crippen LogP contribution in [0.25, 0.3) is 0 Å². The number of nitrogens with zero attached hydrogens (tertiary/aromatic N) is 4. The van der Waals surface area contributed by atoms with Crippen molar-refractivity contribution < 1.29 is 4.79 Å². The number of carbonyl (C=O) groups is 1. The Hall–Kier alpha value is -1.43. The lowest BCUT2D eigenvalue weighted by atomic mass is 10.3. The minimum absolute atomic E-state index is 0.134. The maximum atomic E-state index is 11.9. The second-order valence-corrected chi connectivity index (χ2v) is 4.39. The zero-order chi connectivity index (χ0) is 12.8. The molecule has 0 bridgehead atoms. The summed E-state index contributed by atoms with van der Waals surface area (Å²) in [5, 5.41) is 6.73. The van der Waals surface area contributed by atoms with E-state index in [1.165, 1.54) is 0 Å². The number of likely N-dealkylation sites (N-methyl/N-ethyl adjacent to an activating group) is 2. The molecule has 0 saturated carbocycles. The Morgan fingerprint density at radius 2 is 2.00 bits per heavy atom. The molecule has 1 N–H and O–H groups in total. The van der Waals surface area contributed by atoms with E-state index in [1.807, 2.05) is 19.0 Å². The van der Waals surface area contributed by atoms with E-state index in [2.05, 4.69) is 22.1 Å². The fraction of sp³-hybridized carbons (Fsp3) is 0.727. The summed E-state index contributed by atoms with van der Waals surface area (Å²) in [6.45, 7) is 3.56. The van der Waals surface area contributed by atoms with Crippen LogP contribution in [0, 0.1) is 0 Å². The van der Waals surface area contributed by atoms with Crippen molar-refractivity contribution in [3.63, 3.8) is 0 Å². The van der Waals surface area contributed by atoms with Crippen LogP contribution >= 0.6 is 0 Å². The molecule has 1 heterocycles. The van der Waals surface area contributed by atoms with E-state index >= 15 is 0 Å². The number of nitrogens with one attached hydrogen (secondary N) is 1. The maximum absolute atomic E-state index is 11.9. The van der Waals surface area contributed by atoms with Crippen molar-refractivity contribution in [2.75, 3.05) is 34.2 Å². The summed E-state index contributed by atoms with van der Waals surface area (Å²) < 4.78 is 0. The average Bonchev–Trinajstić information content (AvgIpc) is 2.74. The summed E-state index contributed by atoms with van der Waals surface area (Å²) >= 11 is 0. The van der Waals surface area contributed by atoms with Gasteiger partial charge in [0.2, 0.25) is 5.82 Å². The predicted octanol–water partition coefficient (Wildman–Crippen LogP) is 0.391. The van der Waals surface area contributed by atoms with Crippen molar-refractivity contribution in [1.29, 1.82) is 0 Å². The predicted molar refractivity (Wildman–Crippen MR) is 65.9 cm³/mol. The summed E-state index contributed by atoms with van der Waals surface area (Å²) in [4.78, 5) is 19.8. The smallest absolute Gasteiger partial charge is 0.293 e. The zero-order valence-electron chi connectivity index (χ0n) is 11.0. The molecule has 6 heteroatoms. The third-order valence-corrected chi connectivity index (χ3v) is 2.44. The molecule has 6 nitrogen and oxygen atoms in total. The van der Waals surface area contributed by atoms with Gasteiger partial charge < -0.3 is 9.80 Å². The number of amides is 1. The van der Waals surface area contributed by atoms with E-state index in [9.17, 15) is 4.79 Å². The lowest BCUT2D eigenvalue weighted by Gasteiger charge is -2.17. The highest BCUT2D eigenvalue weighted by Gasteiger charge is 2.16. The van der Waals surface area contributed by atoms with Crippen LogP contribution in [0.15, 0.2) is 0 Å². The Morgan fingerprint density at radius 1 is 1.29 bits per heavy atom. The number of rotatable bonds is 6. The first kappa shape index (κ1) is 13.6. The summed E-state index contributed by atoms with van der Waals surface area (Å²) in [6.07, 6.45) is 1.81. The SMILES string of the molecule is CCCc1nc(C(=O)N(C)CCN(C)C)n[nH]1. The van der Waals surface area contributed by atoms with Crippen molar-refractivity contribution in [1.82, 2.24) is 25.0 Å². The second-order valence-electron chi connectivity index (χ2n) is 4.39. The summed E-state index contributed by atoms with van der Waals surface area (Å²) in [5.41, 5.74) is 0. The molecule has 0 fully saturated rings. The van der Waals surface area contributed by atoms with Gasteiger partial charge in [0.1, 0.15) is 5.82 Å². The van der Waals surface area contributed by atoms with Crippen molar-refractivity contribution in [2.45, 2.75) is 19.8 Å². The lowest BCUT2D eigenvalue weighted by molar-refractivity contribution is 0.0774. The highest BCUT2D eigenvalue weighted by Crippen LogP contribution is 2.00. The molecule has 1 aromatic rings. The van der Waals surface area contributed by atoms with E-state index in [4.69, 9.17) is 0 Å². The van der Waals surface area contributed by atoms with E-state index < -0.39 is 0 Å². The minimum atomic E-state index is -0.134. The minimum Gasteiger partial charge on any atom is -0.338 e. The largest absolute Gasteiger partial charge is 0.338 e. The molecule has 17 heavy (non-hydrogen) atoms. The van der Waals surface area contributed by atoms with E-state index in [-0.39, 0.29) is 11.7 Å². The van der Waals surface area contributed by atoms with Gasteiger partial charge in [0.25, 0.3) is 5.91 Å². The number of aromatic nitrogens is 3. The van der Waals surface area contributed by atoms with Gasteiger partial charge in [-0.2, -0.15) is 0 Å². The molecule has 0 spiro atoms. The number of carbonyl (C=O) groups excluding carboxylic acids is 1.